The van der Waals surface area contributed by atoms with Crippen LogP contribution in [0.3, 0.4) is 0 Å². The Balaban J connectivity index is 0. The van der Waals surface area contributed by atoms with Crippen LogP contribution in [0.25, 0.3) is 5.57 Å². The molecule has 0 unspecified atom stereocenters. The third-order valence-corrected chi connectivity index (χ3v) is 5.92. The summed E-state index contributed by atoms with van der Waals surface area (Å²) in [6, 6.07) is 5.57. The van der Waals surface area contributed by atoms with Gasteiger partial charge in [0.1, 0.15) is 0 Å². The zero-order chi connectivity index (χ0) is 29.0. The highest BCUT2D eigenvalue weighted by Crippen LogP contribution is 2.30. The van der Waals surface area contributed by atoms with E-state index in [9.17, 15) is 4.79 Å². The fourth-order valence-corrected chi connectivity index (χ4v) is 3.81. The largest absolute Gasteiger partial charge is 0.345 e. The van der Waals surface area contributed by atoms with Crippen molar-refractivity contribution in [1.29, 1.82) is 0 Å². The smallest absolute Gasteiger partial charge is 0.253 e. The number of carbonyl (C=O) groups excluding carboxylic acids is 1. The first-order valence-electron chi connectivity index (χ1n) is 13.2. The molecule has 0 spiro atoms. The normalized spacial score (nSPS) is 13.8. The van der Waals surface area contributed by atoms with E-state index in [2.05, 4.69) is 65.3 Å². The molecule has 1 amide bonds. The molecule has 6 heteroatoms. The minimum absolute atomic E-state index is 0.0421. The summed E-state index contributed by atoms with van der Waals surface area (Å²) in [7, 11) is 5.22. The van der Waals surface area contributed by atoms with Crippen molar-refractivity contribution in [3.63, 3.8) is 0 Å². The van der Waals surface area contributed by atoms with E-state index in [1.54, 1.807) is 38.3 Å². The third kappa shape index (κ3) is 14.5. The molecule has 4 nitrogen and oxygen atoms in total. The maximum absolute atomic E-state index is 12.1. The highest BCUT2D eigenvalue weighted by atomic mass is 79.9. The van der Waals surface area contributed by atoms with Crippen molar-refractivity contribution in [3.05, 3.63) is 74.8 Å². The Bertz CT molecular complexity index is 946. The zero-order valence-electron chi connectivity index (χ0n) is 24.8. The first-order chi connectivity index (χ1) is 17.6. The third-order valence-electron chi connectivity index (χ3n) is 4.83. The van der Waals surface area contributed by atoms with E-state index in [-0.39, 0.29) is 5.91 Å². The van der Waals surface area contributed by atoms with Gasteiger partial charge >= 0.3 is 0 Å². The molecule has 0 N–H and O–H groups in total. The highest BCUT2D eigenvalue weighted by molar-refractivity contribution is 9.12. The van der Waals surface area contributed by atoms with Gasteiger partial charge in [0.2, 0.25) is 0 Å². The van der Waals surface area contributed by atoms with Crippen LogP contribution >= 0.6 is 27.5 Å². The quantitative estimate of drug-likeness (QED) is 0.233. The van der Waals surface area contributed by atoms with Crippen LogP contribution in [-0.2, 0) is 0 Å². The van der Waals surface area contributed by atoms with Gasteiger partial charge in [0.25, 0.3) is 5.91 Å². The first kappa shape index (κ1) is 37.2. The topological polar surface area (TPSA) is 35.9 Å². The molecule has 0 radical (unpaired) electrons. The van der Waals surface area contributed by atoms with Gasteiger partial charge in [0, 0.05) is 62.1 Å². The molecule has 2 rings (SSSR count). The van der Waals surface area contributed by atoms with Crippen molar-refractivity contribution >= 4 is 45.2 Å². The fraction of sp³-hybridized carbons (Fsp3) is 0.484. The molecule has 0 bridgehead atoms. The van der Waals surface area contributed by atoms with Crippen molar-refractivity contribution in [2.75, 3.05) is 40.8 Å². The molecule has 1 heterocycles. The maximum Gasteiger partial charge on any atom is 0.253 e. The van der Waals surface area contributed by atoms with Crippen molar-refractivity contribution in [2.24, 2.45) is 4.99 Å². The van der Waals surface area contributed by atoms with Crippen LogP contribution in [0.15, 0.2) is 63.6 Å². The van der Waals surface area contributed by atoms with E-state index >= 15 is 0 Å². The van der Waals surface area contributed by atoms with E-state index < -0.39 is 0 Å². The lowest BCUT2D eigenvalue weighted by atomic mass is 9.97. The maximum atomic E-state index is 12.1. The average Bonchev–Trinajstić information content (AvgIpc) is 2.90. The molecular formula is C31H49BrClN3O. The molecule has 1 aliphatic heterocycles. The van der Waals surface area contributed by atoms with Crippen molar-refractivity contribution in [1.82, 2.24) is 9.80 Å². The Morgan fingerprint density at radius 2 is 1.81 bits per heavy atom. The van der Waals surface area contributed by atoms with Gasteiger partial charge in [-0.05, 0) is 48.3 Å². The van der Waals surface area contributed by atoms with Crippen LogP contribution < -0.4 is 0 Å². The monoisotopic (exact) mass is 593 g/mol. The number of amides is 1. The van der Waals surface area contributed by atoms with Crippen LogP contribution in [0.4, 0.5) is 0 Å². The summed E-state index contributed by atoms with van der Waals surface area (Å²) in [6.45, 7) is 21.2. The molecule has 1 aromatic carbocycles. The standard InChI is InChI=1S/C24H29BrClN3O.C3H8.2C2H6/c1-17(14-18(2)22(25)8-11-27-3)16-29-12-9-19(10-13-29)21-7-6-20(15-23(21)26)24(30)28(4)5;1-3-2;2*1-2/h6-9,11,14-15H,2,10,12-13,16H2,1,3-5H3;3H2,1-2H3;2*1-2H3/b17-14+,22-8+,27-11?;;;. The van der Waals surface area contributed by atoms with Crippen LogP contribution in [0, 0.1) is 0 Å². The molecular weight excluding hydrogens is 546 g/mol. The van der Waals surface area contributed by atoms with Gasteiger partial charge < -0.3 is 4.90 Å². The number of allylic oxidation sites excluding steroid dienone is 4. The summed E-state index contributed by atoms with van der Waals surface area (Å²) in [6.07, 6.45) is 10.1. The van der Waals surface area contributed by atoms with Gasteiger partial charge in [-0.15, -0.1) is 0 Å². The fourth-order valence-electron chi connectivity index (χ4n) is 3.28. The molecule has 0 aliphatic carbocycles. The number of hydrogen-bond donors (Lipinski definition) is 0. The minimum Gasteiger partial charge on any atom is -0.345 e. The molecule has 0 fully saturated rings. The molecule has 208 valence electrons. The van der Waals surface area contributed by atoms with Crippen LogP contribution in [0.2, 0.25) is 5.02 Å². The second-order valence-corrected chi connectivity index (χ2v) is 9.52. The van der Waals surface area contributed by atoms with E-state index in [1.807, 2.05) is 45.9 Å². The number of nitrogens with zero attached hydrogens (tertiary/aromatic N) is 3. The van der Waals surface area contributed by atoms with Crippen molar-refractivity contribution in [3.8, 4) is 0 Å². The van der Waals surface area contributed by atoms with Gasteiger partial charge in [-0.1, -0.05) is 106 Å². The zero-order valence-corrected chi connectivity index (χ0v) is 27.1. The number of carbonyl (C=O) groups is 1. The van der Waals surface area contributed by atoms with E-state index in [0.29, 0.717) is 10.6 Å². The molecule has 0 saturated heterocycles. The van der Waals surface area contributed by atoms with Gasteiger partial charge in [-0.3, -0.25) is 14.7 Å². The number of rotatable bonds is 7. The Morgan fingerprint density at radius 3 is 2.27 bits per heavy atom. The molecule has 1 aromatic rings. The molecule has 37 heavy (non-hydrogen) atoms. The number of aliphatic imine (C=N–C) groups is 1. The molecule has 0 aromatic heterocycles. The summed E-state index contributed by atoms with van der Waals surface area (Å²) in [5.74, 6) is -0.0421. The van der Waals surface area contributed by atoms with E-state index in [0.717, 1.165) is 41.7 Å². The van der Waals surface area contributed by atoms with Crippen molar-refractivity contribution < 1.29 is 4.79 Å². The molecule has 0 atom stereocenters. The Kier molecular flexibility index (Phi) is 22.2. The summed E-state index contributed by atoms with van der Waals surface area (Å²) in [4.78, 5) is 20.0. The Morgan fingerprint density at radius 1 is 1.22 bits per heavy atom. The lowest BCUT2D eigenvalue weighted by Crippen LogP contribution is -2.30. The number of halogens is 2. The van der Waals surface area contributed by atoms with Gasteiger partial charge in [0.05, 0.1) is 0 Å². The van der Waals surface area contributed by atoms with Gasteiger partial charge in [0.15, 0.2) is 0 Å². The van der Waals surface area contributed by atoms with Crippen LogP contribution in [0.1, 0.15) is 77.2 Å². The predicted molar refractivity (Wildman–Crippen MR) is 171 cm³/mol. The Hall–Kier alpha value is -1.95. The first-order valence-corrected chi connectivity index (χ1v) is 14.4. The summed E-state index contributed by atoms with van der Waals surface area (Å²) < 4.78 is 0.930. The van der Waals surface area contributed by atoms with Gasteiger partial charge in [-0.2, -0.15) is 0 Å². The number of hydrogen-bond acceptors (Lipinski definition) is 3. The van der Waals surface area contributed by atoms with Crippen LogP contribution in [0.5, 0.6) is 0 Å². The lowest BCUT2D eigenvalue weighted by molar-refractivity contribution is 0.0827. The van der Waals surface area contributed by atoms with Crippen molar-refractivity contribution in [2.45, 2.75) is 61.3 Å². The average molecular weight is 595 g/mol. The minimum atomic E-state index is -0.0421. The van der Waals surface area contributed by atoms with Crippen LogP contribution in [-0.4, -0.2) is 62.7 Å². The predicted octanol–water partition coefficient (Wildman–Crippen LogP) is 9.08. The molecule has 1 aliphatic rings. The second-order valence-electron chi connectivity index (χ2n) is 8.25. The summed E-state index contributed by atoms with van der Waals surface area (Å²) in [5.41, 5.74) is 5.03. The SMILES string of the molecule is C=C(/C=C(\C)CN1CC=C(c2ccc(C(=O)N(C)C)cc2Cl)CC1)/C(Br)=C\C=NC.CC.CC.CCC. The van der Waals surface area contributed by atoms with E-state index in [4.69, 9.17) is 11.6 Å². The highest BCUT2D eigenvalue weighted by Gasteiger charge is 2.17. The summed E-state index contributed by atoms with van der Waals surface area (Å²) in [5, 5.41) is 0.627. The van der Waals surface area contributed by atoms with E-state index in [1.165, 1.54) is 17.6 Å². The van der Waals surface area contributed by atoms with Gasteiger partial charge in [-0.25, -0.2) is 0 Å². The Labute approximate surface area is 241 Å². The second kappa shape index (κ2) is 22.1. The molecule has 0 saturated carbocycles. The lowest BCUT2D eigenvalue weighted by Gasteiger charge is -2.27. The number of benzene rings is 1. The summed E-state index contributed by atoms with van der Waals surface area (Å²) >= 11 is 10.0.